The second-order valence-electron chi connectivity index (χ2n) is 6.79. The Bertz CT molecular complexity index is 1210. The Morgan fingerprint density at radius 1 is 1.17 bits per heavy atom. The fraction of sp³-hybridized carbons (Fsp3) is 0.250. The highest BCUT2D eigenvalue weighted by molar-refractivity contribution is 7.18. The van der Waals surface area contributed by atoms with E-state index in [2.05, 4.69) is 9.97 Å². The molecule has 2 amide bonds. The number of esters is 1. The lowest BCUT2D eigenvalue weighted by atomic mass is 10.1. The number of carbonyl (C=O) groups is 3. The molecule has 3 heterocycles. The van der Waals surface area contributed by atoms with Gasteiger partial charge in [0.05, 0.1) is 16.5 Å². The molecule has 0 saturated heterocycles. The first kappa shape index (κ1) is 19.0. The second kappa shape index (κ2) is 6.93. The van der Waals surface area contributed by atoms with Crippen molar-refractivity contribution in [2.24, 2.45) is 0 Å². The molecule has 3 aromatic rings. The molecule has 0 spiro atoms. The maximum Gasteiger partial charge on any atom is 0.329 e. The number of imide groups is 1. The number of thiophene rings is 1. The maximum absolute atomic E-state index is 12.5. The summed E-state index contributed by atoms with van der Waals surface area (Å²) in [5.41, 5.74) is 1.10. The molecule has 148 valence electrons. The first-order chi connectivity index (χ1) is 13.8. The highest BCUT2D eigenvalue weighted by Crippen LogP contribution is 2.26. The molecule has 1 aliphatic rings. The van der Waals surface area contributed by atoms with Gasteiger partial charge in [-0.1, -0.05) is 12.1 Å². The number of hydrogen-bond donors (Lipinski definition) is 1. The zero-order chi connectivity index (χ0) is 20.9. The van der Waals surface area contributed by atoms with Crippen LogP contribution in [-0.2, 0) is 16.1 Å². The van der Waals surface area contributed by atoms with E-state index in [1.54, 1.807) is 24.3 Å². The van der Waals surface area contributed by atoms with Gasteiger partial charge in [-0.3, -0.25) is 19.3 Å². The van der Waals surface area contributed by atoms with Crippen molar-refractivity contribution in [3.63, 3.8) is 0 Å². The molecule has 1 aliphatic heterocycles. The van der Waals surface area contributed by atoms with Gasteiger partial charge in [-0.2, -0.15) is 0 Å². The minimum Gasteiger partial charge on any atom is -0.456 e. The average molecular weight is 411 g/mol. The van der Waals surface area contributed by atoms with E-state index >= 15 is 0 Å². The molecule has 4 rings (SSSR count). The lowest BCUT2D eigenvalue weighted by Gasteiger charge is -2.20. The molecule has 0 radical (unpaired) electrons. The van der Waals surface area contributed by atoms with E-state index in [0.29, 0.717) is 10.2 Å². The van der Waals surface area contributed by atoms with Crippen LogP contribution in [0, 0.1) is 13.8 Å². The van der Waals surface area contributed by atoms with Gasteiger partial charge in [-0.05, 0) is 38.5 Å². The lowest BCUT2D eigenvalue weighted by molar-refractivity contribution is -0.149. The van der Waals surface area contributed by atoms with Crippen LogP contribution < -0.4 is 5.56 Å². The second-order valence-corrected chi connectivity index (χ2v) is 7.99. The number of H-pyrrole nitrogens is 1. The zero-order valence-electron chi connectivity index (χ0n) is 15.9. The van der Waals surface area contributed by atoms with Gasteiger partial charge in [-0.15, -0.1) is 11.3 Å². The molecule has 1 aromatic carbocycles. The number of hydrogen-bond acceptors (Lipinski definition) is 7. The summed E-state index contributed by atoms with van der Waals surface area (Å²) in [6, 6.07) is 5.29. The molecule has 0 bridgehead atoms. The van der Waals surface area contributed by atoms with Crippen LogP contribution in [0.25, 0.3) is 10.2 Å². The predicted molar refractivity (Wildman–Crippen MR) is 106 cm³/mol. The number of fused-ring (bicyclic) bond motifs is 2. The number of aromatic amines is 1. The summed E-state index contributed by atoms with van der Waals surface area (Å²) in [7, 11) is 0. The molecule has 1 atom stereocenters. The molecular formula is C20H17N3O5S. The molecule has 0 aliphatic carbocycles. The number of aryl methyl sites for hydroxylation is 2. The number of nitrogens with zero attached hydrogens (tertiary/aromatic N) is 2. The van der Waals surface area contributed by atoms with E-state index in [-0.39, 0.29) is 29.1 Å². The Morgan fingerprint density at radius 2 is 1.79 bits per heavy atom. The number of ether oxygens (including phenoxy) is 1. The van der Waals surface area contributed by atoms with Gasteiger partial charge in [-0.25, -0.2) is 9.78 Å². The van der Waals surface area contributed by atoms with Crippen molar-refractivity contribution < 1.29 is 19.1 Å². The largest absolute Gasteiger partial charge is 0.456 e. The van der Waals surface area contributed by atoms with E-state index in [4.69, 9.17) is 4.74 Å². The molecule has 2 aromatic heterocycles. The molecule has 9 heteroatoms. The van der Waals surface area contributed by atoms with Crippen LogP contribution >= 0.6 is 11.3 Å². The fourth-order valence-corrected chi connectivity index (χ4v) is 4.34. The molecule has 1 N–H and O–H groups in total. The van der Waals surface area contributed by atoms with Crippen molar-refractivity contribution in [2.45, 2.75) is 33.4 Å². The van der Waals surface area contributed by atoms with Crippen molar-refractivity contribution in [3.8, 4) is 0 Å². The third-order valence-corrected chi connectivity index (χ3v) is 6.09. The van der Waals surface area contributed by atoms with E-state index in [9.17, 15) is 19.2 Å². The third-order valence-electron chi connectivity index (χ3n) is 4.99. The molecule has 29 heavy (non-hydrogen) atoms. The third kappa shape index (κ3) is 3.03. The van der Waals surface area contributed by atoms with Gasteiger partial charge in [0.25, 0.3) is 17.4 Å². The summed E-state index contributed by atoms with van der Waals surface area (Å²) >= 11 is 1.39. The summed E-state index contributed by atoms with van der Waals surface area (Å²) in [6.07, 6.45) is 0. The summed E-state index contributed by atoms with van der Waals surface area (Å²) in [6.45, 7) is 4.92. The summed E-state index contributed by atoms with van der Waals surface area (Å²) in [5, 5.41) is 0.530. The fourth-order valence-electron chi connectivity index (χ4n) is 3.29. The molecule has 8 nitrogen and oxygen atoms in total. The first-order valence-electron chi connectivity index (χ1n) is 8.92. The Morgan fingerprint density at radius 3 is 2.41 bits per heavy atom. The highest BCUT2D eigenvalue weighted by atomic mass is 32.1. The number of carbonyl (C=O) groups excluding carboxylic acids is 3. The quantitative estimate of drug-likeness (QED) is 0.521. The van der Waals surface area contributed by atoms with Gasteiger partial charge in [0.15, 0.2) is 0 Å². The average Bonchev–Trinajstić information content (AvgIpc) is 3.13. The van der Waals surface area contributed by atoms with Crippen LogP contribution in [-0.4, -0.2) is 38.7 Å². The van der Waals surface area contributed by atoms with E-state index in [1.807, 2.05) is 13.8 Å². The number of aromatic nitrogens is 2. The van der Waals surface area contributed by atoms with Gasteiger partial charge in [0, 0.05) is 4.88 Å². The summed E-state index contributed by atoms with van der Waals surface area (Å²) in [5.74, 6) is -1.63. The maximum atomic E-state index is 12.5. The predicted octanol–water partition coefficient (Wildman–Crippen LogP) is 2.33. The SMILES string of the molecule is Cc1sc2nc(COC(=O)[C@@H](C)N3C(=O)c4ccccc4C3=O)[nH]c(=O)c2c1C. The Balaban J connectivity index is 1.51. The molecule has 0 saturated carbocycles. The van der Waals surface area contributed by atoms with Gasteiger partial charge in [0.2, 0.25) is 0 Å². The van der Waals surface area contributed by atoms with Crippen molar-refractivity contribution in [1.82, 2.24) is 14.9 Å². The number of nitrogens with one attached hydrogen (secondary N) is 1. The van der Waals surface area contributed by atoms with Crippen molar-refractivity contribution in [1.29, 1.82) is 0 Å². The topological polar surface area (TPSA) is 109 Å². The zero-order valence-corrected chi connectivity index (χ0v) is 16.8. The van der Waals surface area contributed by atoms with Crippen LogP contribution in [0.1, 0.15) is 43.9 Å². The summed E-state index contributed by atoms with van der Waals surface area (Å²) in [4.78, 5) is 59.2. The van der Waals surface area contributed by atoms with Crippen molar-refractivity contribution in [3.05, 3.63) is 62.0 Å². The van der Waals surface area contributed by atoms with Crippen LogP contribution in [0.5, 0.6) is 0 Å². The van der Waals surface area contributed by atoms with Crippen molar-refractivity contribution in [2.75, 3.05) is 0 Å². The number of benzene rings is 1. The lowest BCUT2D eigenvalue weighted by Crippen LogP contribution is -2.43. The van der Waals surface area contributed by atoms with E-state index in [0.717, 1.165) is 15.3 Å². The van der Waals surface area contributed by atoms with Crippen LogP contribution in [0.2, 0.25) is 0 Å². The standard InChI is InChI=1S/C20H17N3O5S/c1-9-11(3)29-17-15(9)16(24)21-14(22-17)8-28-20(27)10(2)23-18(25)12-6-4-5-7-13(12)19(23)26/h4-7,10H,8H2,1-3H3,(H,21,22,24)/t10-/m1/s1. The van der Waals surface area contributed by atoms with Gasteiger partial charge in [0.1, 0.15) is 23.3 Å². The number of rotatable bonds is 4. The van der Waals surface area contributed by atoms with E-state index in [1.165, 1.54) is 18.3 Å². The van der Waals surface area contributed by atoms with E-state index < -0.39 is 23.8 Å². The molecule has 0 unspecified atom stereocenters. The molecular weight excluding hydrogens is 394 g/mol. The molecule has 0 fully saturated rings. The minimum absolute atomic E-state index is 0.201. The van der Waals surface area contributed by atoms with Gasteiger partial charge >= 0.3 is 5.97 Å². The van der Waals surface area contributed by atoms with Crippen LogP contribution in [0.4, 0.5) is 0 Å². The first-order valence-corrected chi connectivity index (χ1v) is 9.73. The van der Waals surface area contributed by atoms with Crippen LogP contribution in [0.3, 0.4) is 0 Å². The van der Waals surface area contributed by atoms with Crippen LogP contribution in [0.15, 0.2) is 29.1 Å². The Labute approximate surface area is 169 Å². The van der Waals surface area contributed by atoms with Crippen molar-refractivity contribution >= 4 is 39.3 Å². The Hall–Kier alpha value is -3.33. The highest BCUT2D eigenvalue weighted by Gasteiger charge is 2.41. The summed E-state index contributed by atoms with van der Waals surface area (Å²) < 4.78 is 5.23. The normalized spacial score (nSPS) is 14.4. The Kier molecular flexibility index (Phi) is 4.54. The van der Waals surface area contributed by atoms with Gasteiger partial charge < -0.3 is 9.72 Å². The number of amides is 2. The monoisotopic (exact) mass is 411 g/mol. The smallest absolute Gasteiger partial charge is 0.329 e. The minimum atomic E-state index is -1.11.